The molecule has 0 spiro atoms. The van der Waals surface area contributed by atoms with Crippen LogP contribution in [0.3, 0.4) is 0 Å². The van der Waals surface area contributed by atoms with Gasteiger partial charge in [-0.2, -0.15) is 0 Å². The largest absolute Gasteiger partial charge is 0.492 e. The molecule has 6 heteroatoms. The Morgan fingerprint density at radius 2 is 1.88 bits per heavy atom. The van der Waals surface area contributed by atoms with Crippen molar-refractivity contribution >= 4 is 29.0 Å². The lowest BCUT2D eigenvalue weighted by Gasteiger charge is -2.24. The van der Waals surface area contributed by atoms with Gasteiger partial charge in [-0.25, -0.2) is 0 Å². The zero-order chi connectivity index (χ0) is 19.1. The van der Waals surface area contributed by atoms with Crippen LogP contribution in [0.4, 0.5) is 5.69 Å². The molecule has 138 valence electrons. The second-order valence-electron chi connectivity index (χ2n) is 6.09. The van der Waals surface area contributed by atoms with E-state index < -0.39 is 0 Å². The van der Waals surface area contributed by atoms with Crippen LogP contribution in [0.1, 0.15) is 24.2 Å². The van der Waals surface area contributed by atoms with E-state index in [0.29, 0.717) is 29.4 Å². The van der Waals surface area contributed by atoms with E-state index in [1.807, 2.05) is 18.9 Å². The normalized spacial score (nSPS) is 11.9. The van der Waals surface area contributed by atoms with Crippen molar-refractivity contribution in [3.8, 4) is 5.75 Å². The number of benzene rings is 2. The number of nitrogens with zero attached hydrogens (tertiary/aromatic N) is 1. The highest BCUT2D eigenvalue weighted by atomic mass is 35.5. The zero-order valence-corrected chi connectivity index (χ0v) is 15.9. The Balaban J connectivity index is 1.83. The summed E-state index contributed by atoms with van der Waals surface area (Å²) < 4.78 is 5.65. The molecular weight excluding hydrogens is 352 g/mol. The number of hydrogen-bond acceptors (Lipinski definition) is 4. The van der Waals surface area contributed by atoms with Gasteiger partial charge in [-0.1, -0.05) is 23.7 Å². The van der Waals surface area contributed by atoms with Crippen molar-refractivity contribution in [2.75, 3.05) is 25.5 Å². The maximum Gasteiger partial charge on any atom is 0.241 e. The molecule has 0 aliphatic rings. The Morgan fingerprint density at radius 3 is 2.54 bits per heavy atom. The number of likely N-dealkylation sites (N-methyl/N-ethyl adjacent to an activating group) is 1. The van der Waals surface area contributed by atoms with E-state index >= 15 is 0 Å². The third-order valence-corrected chi connectivity index (χ3v) is 4.36. The molecule has 1 atom stereocenters. The van der Waals surface area contributed by atoms with Gasteiger partial charge in [0.1, 0.15) is 12.4 Å². The molecule has 1 amide bonds. The second-order valence-corrected chi connectivity index (χ2v) is 6.52. The zero-order valence-electron chi connectivity index (χ0n) is 15.2. The number of rotatable bonds is 8. The summed E-state index contributed by atoms with van der Waals surface area (Å²) in [6.45, 7) is 4.37. The molecular formula is C20H23ClN2O3. The van der Waals surface area contributed by atoms with Gasteiger partial charge in [0.2, 0.25) is 5.91 Å². The average molecular weight is 375 g/mol. The van der Waals surface area contributed by atoms with Crippen LogP contribution in [-0.2, 0) is 4.79 Å². The van der Waals surface area contributed by atoms with Crippen molar-refractivity contribution in [3.05, 3.63) is 59.1 Å². The Kier molecular flexibility index (Phi) is 7.18. The van der Waals surface area contributed by atoms with Gasteiger partial charge in [-0.3, -0.25) is 14.5 Å². The van der Waals surface area contributed by atoms with E-state index in [4.69, 9.17) is 16.3 Å². The fraction of sp³-hybridized carbons (Fsp3) is 0.300. The summed E-state index contributed by atoms with van der Waals surface area (Å²) in [7, 11) is 1.86. The minimum atomic E-state index is -0.343. The van der Waals surface area contributed by atoms with Crippen molar-refractivity contribution in [3.63, 3.8) is 0 Å². The molecule has 0 heterocycles. The van der Waals surface area contributed by atoms with Gasteiger partial charge in [0.05, 0.1) is 6.04 Å². The summed E-state index contributed by atoms with van der Waals surface area (Å²) in [5.74, 6) is 0.561. The maximum absolute atomic E-state index is 12.4. The van der Waals surface area contributed by atoms with E-state index in [9.17, 15) is 9.59 Å². The van der Waals surface area contributed by atoms with Gasteiger partial charge in [0, 0.05) is 22.8 Å². The maximum atomic E-state index is 12.4. The van der Waals surface area contributed by atoms with Crippen LogP contribution in [0, 0.1) is 0 Å². The highest BCUT2D eigenvalue weighted by molar-refractivity contribution is 6.30. The van der Waals surface area contributed by atoms with Crippen LogP contribution in [0.15, 0.2) is 48.5 Å². The number of ether oxygens (including phenoxy) is 1. The van der Waals surface area contributed by atoms with Gasteiger partial charge in [-0.05, 0) is 57.3 Å². The van der Waals surface area contributed by atoms with Crippen LogP contribution in [0.2, 0.25) is 5.02 Å². The molecule has 0 aromatic heterocycles. The number of ketones is 1. The Hall–Kier alpha value is -2.37. The van der Waals surface area contributed by atoms with Crippen molar-refractivity contribution < 1.29 is 14.3 Å². The number of halogens is 1. The molecule has 2 aromatic rings. The van der Waals surface area contributed by atoms with Gasteiger partial charge in [-0.15, -0.1) is 0 Å². The summed E-state index contributed by atoms with van der Waals surface area (Å²) in [5.41, 5.74) is 1.18. The van der Waals surface area contributed by atoms with Gasteiger partial charge < -0.3 is 10.1 Å². The van der Waals surface area contributed by atoms with Crippen molar-refractivity contribution in [1.29, 1.82) is 0 Å². The van der Waals surface area contributed by atoms with E-state index in [1.54, 1.807) is 48.5 Å². The number of nitrogens with one attached hydrogen (secondary N) is 1. The van der Waals surface area contributed by atoms with Gasteiger partial charge in [0.15, 0.2) is 5.78 Å². The molecule has 5 nitrogen and oxygen atoms in total. The molecule has 0 radical (unpaired) electrons. The van der Waals surface area contributed by atoms with Crippen molar-refractivity contribution in [1.82, 2.24) is 4.90 Å². The van der Waals surface area contributed by atoms with Crippen LogP contribution >= 0.6 is 11.6 Å². The molecule has 0 aliphatic carbocycles. The van der Waals surface area contributed by atoms with Gasteiger partial charge >= 0.3 is 0 Å². The highest BCUT2D eigenvalue weighted by Gasteiger charge is 2.18. The summed E-state index contributed by atoms with van der Waals surface area (Å²) in [6, 6.07) is 13.7. The van der Waals surface area contributed by atoms with Crippen LogP contribution < -0.4 is 10.1 Å². The third-order valence-electron chi connectivity index (χ3n) is 4.10. The lowest BCUT2D eigenvalue weighted by atomic mass is 10.1. The first kappa shape index (κ1) is 19.9. The monoisotopic (exact) mass is 374 g/mol. The molecule has 0 aliphatic heterocycles. The second kappa shape index (κ2) is 9.36. The smallest absolute Gasteiger partial charge is 0.241 e. The Morgan fingerprint density at radius 1 is 1.19 bits per heavy atom. The first-order valence-electron chi connectivity index (χ1n) is 8.37. The molecule has 0 fully saturated rings. The number of hydrogen-bond donors (Lipinski definition) is 1. The number of carbonyl (C=O) groups excluding carboxylic acids is 2. The summed E-state index contributed by atoms with van der Waals surface area (Å²) in [6.07, 6.45) is 0. The third kappa shape index (κ3) is 5.86. The average Bonchev–Trinajstić information content (AvgIpc) is 2.62. The molecule has 1 N–H and O–H groups in total. The highest BCUT2D eigenvalue weighted by Crippen LogP contribution is 2.16. The fourth-order valence-corrected chi connectivity index (χ4v) is 2.42. The lowest BCUT2D eigenvalue weighted by Crippen LogP contribution is -2.41. The standard InChI is InChI=1S/C20H23ClN2O3/c1-14(20(25)22-18-6-4-5-16(13-18)15(2)24)23(3)11-12-26-19-9-7-17(21)8-10-19/h4-10,13-14H,11-12H2,1-3H3,(H,22,25)/t14-/m1/s1. The number of amides is 1. The predicted molar refractivity (Wildman–Crippen MR) is 104 cm³/mol. The minimum absolute atomic E-state index is 0.0365. The van der Waals surface area contributed by atoms with Crippen LogP contribution in [0.5, 0.6) is 5.75 Å². The van der Waals surface area contributed by atoms with Crippen LogP contribution in [-0.4, -0.2) is 42.8 Å². The quantitative estimate of drug-likeness (QED) is 0.712. The molecule has 0 unspecified atom stereocenters. The molecule has 0 saturated carbocycles. The topological polar surface area (TPSA) is 58.6 Å². The Bertz CT molecular complexity index is 762. The predicted octanol–water partition coefficient (Wildman–Crippen LogP) is 3.88. The minimum Gasteiger partial charge on any atom is -0.492 e. The summed E-state index contributed by atoms with van der Waals surface area (Å²) in [5, 5.41) is 3.50. The summed E-state index contributed by atoms with van der Waals surface area (Å²) in [4.78, 5) is 25.8. The van der Waals surface area contributed by atoms with E-state index in [0.717, 1.165) is 5.75 Å². The first-order chi connectivity index (χ1) is 12.4. The van der Waals surface area contributed by atoms with E-state index in [-0.39, 0.29) is 17.7 Å². The van der Waals surface area contributed by atoms with E-state index in [2.05, 4.69) is 5.32 Å². The van der Waals surface area contributed by atoms with Crippen molar-refractivity contribution in [2.45, 2.75) is 19.9 Å². The molecule has 2 aromatic carbocycles. The molecule has 0 bridgehead atoms. The Labute approximate surface area is 158 Å². The first-order valence-corrected chi connectivity index (χ1v) is 8.75. The lowest BCUT2D eigenvalue weighted by molar-refractivity contribution is -0.120. The number of anilines is 1. The molecule has 2 rings (SSSR count). The van der Waals surface area contributed by atoms with E-state index in [1.165, 1.54) is 6.92 Å². The number of carbonyl (C=O) groups is 2. The van der Waals surface area contributed by atoms with Crippen molar-refractivity contribution in [2.24, 2.45) is 0 Å². The summed E-state index contributed by atoms with van der Waals surface area (Å²) >= 11 is 5.84. The fourth-order valence-electron chi connectivity index (χ4n) is 2.29. The molecule has 26 heavy (non-hydrogen) atoms. The number of Topliss-reactive ketones (excluding diaryl/α,β-unsaturated/α-hetero) is 1. The van der Waals surface area contributed by atoms with Crippen LogP contribution in [0.25, 0.3) is 0 Å². The SMILES string of the molecule is CC(=O)c1cccc(NC(=O)[C@@H](C)N(C)CCOc2ccc(Cl)cc2)c1. The van der Waals surface area contributed by atoms with Gasteiger partial charge in [0.25, 0.3) is 0 Å². The molecule has 0 saturated heterocycles.